The van der Waals surface area contributed by atoms with Crippen LogP contribution in [0.15, 0.2) is 36.7 Å². The SMILES string of the molecule is [C-]#[N+]c1cnc(Nc2cc(-c3ccc(OC4CCN(C(C)C)CC4)cc3OC)[nH]n2)cn1. The van der Waals surface area contributed by atoms with Crippen molar-refractivity contribution in [1.82, 2.24) is 25.1 Å². The molecule has 0 bridgehead atoms. The van der Waals surface area contributed by atoms with Crippen LogP contribution in [0.1, 0.15) is 26.7 Å². The number of likely N-dealkylation sites (tertiary alicyclic amines) is 1. The van der Waals surface area contributed by atoms with Gasteiger partial charge in [0, 0.05) is 36.8 Å². The van der Waals surface area contributed by atoms with Crippen LogP contribution in [-0.4, -0.2) is 57.4 Å². The van der Waals surface area contributed by atoms with Crippen LogP contribution < -0.4 is 14.8 Å². The maximum Gasteiger partial charge on any atom is 0.288 e. The zero-order valence-corrected chi connectivity index (χ0v) is 18.5. The Labute approximate surface area is 187 Å². The molecule has 3 aromatic rings. The van der Waals surface area contributed by atoms with Gasteiger partial charge in [0.2, 0.25) is 0 Å². The quantitative estimate of drug-likeness (QED) is 0.533. The minimum atomic E-state index is 0.221. The van der Waals surface area contributed by atoms with E-state index in [9.17, 15) is 0 Å². The van der Waals surface area contributed by atoms with Crippen LogP contribution in [0.3, 0.4) is 0 Å². The van der Waals surface area contributed by atoms with Gasteiger partial charge in [-0.2, -0.15) is 5.10 Å². The highest BCUT2D eigenvalue weighted by Crippen LogP contribution is 2.34. The first kappa shape index (κ1) is 21.6. The standard InChI is InChI=1S/C23H27N7O2/c1-15(2)30-9-7-16(8-10-30)32-17-5-6-18(20(11-17)31-4)19-12-21(29-28-19)27-23-14-25-22(24-3)13-26-23/h5-6,11-16H,7-10H2,1-2,4H3,(H2,26,27,28,29). The molecule has 1 saturated heterocycles. The van der Waals surface area contributed by atoms with Crippen molar-refractivity contribution in [2.24, 2.45) is 0 Å². The molecule has 1 aliphatic rings. The molecule has 3 heterocycles. The molecule has 0 amide bonds. The highest BCUT2D eigenvalue weighted by Gasteiger charge is 2.22. The molecule has 1 aromatic carbocycles. The summed E-state index contributed by atoms with van der Waals surface area (Å²) in [5.41, 5.74) is 1.68. The monoisotopic (exact) mass is 433 g/mol. The van der Waals surface area contributed by atoms with Gasteiger partial charge in [0.1, 0.15) is 17.6 Å². The predicted molar refractivity (Wildman–Crippen MR) is 123 cm³/mol. The first-order valence-electron chi connectivity index (χ1n) is 10.7. The fourth-order valence-electron chi connectivity index (χ4n) is 3.77. The largest absolute Gasteiger partial charge is 0.496 e. The number of H-pyrrole nitrogens is 1. The van der Waals surface area contributed by atoms with Crippen molar-refractivity contribution in [3.05, 3.63) is 48.1 Å². The van der Waals surface area contributed by atoms with E-state index in [0.717, 1.165) is 42.9 Å². The number of aromatic amines is 1. The third-order valence-corrected chi connectivity index (χ3v) is 5.56. The van der Waals surface area contributed by atoms with Crippen LogP contribution in [0.5, 0.6) is 11.5 Å². The number of rotatable bonds is 7. The maximum absolute atomic E-state index is 6.94. The molecule has 1 fully saturated rings. The number of nitrogens with zero attached hydrogens (tertiary/aromatic N) is 5. The van der Waals surface area contributed by atoms with Gasteiger partial charge in [0.05, 0.1) is 19.0 Å². The number of hydrogen-bond donors (Lipinski definition) is 2. The Hall–Kier alpha value is -3.64. The van der Waals surface area contributed by atoms with Crippen molar-refractivity contribution >= 4 is 17.5 Å². The summed E-state index contributed by atoms with van der Waals surface area (Å²) in [7, 11) is 1.65. The lowest BCUT2D eigenvalue weighted by Crippen LogP contribution is -2.41. The van der Waals surface area contributed by atoms with E-state index in [1.54, 1.807) is 7.11 Å². The first-order chi connectivity index (χ1) is 15.6. The first-order valence-corrected chi connectivity index (χ1v) is 10.7. The summed E-state index contributed by atoms with van der Waals surface area (Å²) in [4.78, 5) is 13.9. The van der Waals surface area contributed by atoms with E-state index in [0.29, 0.717) is 23.4 Å². The zero-order valence-electron chi connectivity index (χ0n) is 18.5. The molecule has 0 aliphatic carbocycles. The molecule has 32 heavy (non-hydrogen) atoms. The summed E-state index contributed by atoms with van der Waals surface area (Å²) in [6, 6.07) is 8.31. The predicted octanol–water partition coefficient (Wildman–Crippen LogP) is 4.42. The van der Waals surface area contributed by atoms with Gasteiger partial charge in [0.15, 0.2) is 17.8 Å². The van der Waals surface area contributed by atoms with Crippen molar-refractivity contribution in [1.29, 1.82) is 0 Å². The Balaban J connectivity index is 1.43. The summed E-state index contributed by atoms with van der Waals surface area (Å²) >= 11 is 0. The lowest BCUT2D eigenvalue weighted by Gasteiger charge is -2.34. The van der Waals surface area contributed by atoms with Crippen LogP contribution in [0, 0.1) is 6.57 Å². The Morgan fingerprint density at radius 3 is 2.62 bits per heavy atom. The summed E-state index contributed by atoms with van der Waals surface area (Å²) in [6.07, 6.45) is 5.19. The number of nitrogens with one attached hydrogen (secondary N) is 2. The third kappa shape index (κ3) is 4.98. The fourth-order valence-corrected chi connectivity index (χ4v) is 3.77. The molecule has 2 aromatic heterocycles. The normalized spacial score (nSPS) is 14.8. The van der Waals surface area contributed by atoms with E-state index in [-0.39, 0.29) is 11.9 Å². The molecule has 0 saturated carbocycles. The van der Waals surface area contributed by atoms with Crippen LogP contribution in [0.2, 0.25) is 0 Å². The number of piperidine rings is 1. The molecular weight excluding hydrogens is 406 g/mol. The molecule has 0 spiro atoms. The van der Waals surface area contributed by atoms with Gasteiger partial charge in [-0.05, 0) is 38.8 Å². The number of methoxy groups -OCH3 is 1. The minimum Gasteiger partial charge on any atom is -0.496 e. The Morgan fingerprint density at radius 2 is 1.97 bits per heavy atom. The van der Waals surface area contributed by atoms with E-state index in [4.69, 9.17) is 16.0 Å². The van der Waals surface area contributed by atoms with Gasteiger partial charge in [-0.1, -0.05) is 6.57 Å². The summed E-state index contributed by atoms with van der Waals surface area (Å²) in [5.74, 6) is 2.86. The molecule has 9 nitrogen and oxygen atoms in total. The highest BCUT2D eigenvalue weighted by molar-refractivity contribution is 5.71. The van der Waals surface area contributed by atoms with Gasteiger partial charge in [-0.3, -0.25) is 5.10 Å². The number of benzene rings is 1. The van der Waals surface area contributed by atoms with Crippen LogP contribution in [-0.2, 0) is 0 Å². The summed E-state index contributed by atoms with van der Waals surface area (Å²) < 4.78 is 11.9. The Bertz CT molecular complexity index is 1080. The second-order valence-electron chi connectivity index (χ2n) is 7.97. The lowest BCUT2D eigenvalue weighted by atomic mass is 10.1. The summed E-state index contributed by atoms with van der Waals surface area (Å²) in [6.45, 7) is 13.5. The van der Waals surface area contributed by atoms with Crippen molar-refractivity contribution in [3.63, 3.8) is 0 Å². The molecule has 0 atom stereocenters. The van der Waals surface area contributed by atoms with Crippen LogP contribution >= 0.6 is 0 Å². The second-order valence-corrected chi connectivity index (χ2v) is 7.97. The minimum absolute atomic E-state index is 0.221. The Morgan fingerprint density at radius 1 is 1.16 bits per heavy atom. The van der Waals surface area contributed by atoms with Gasteiger partial charge in [0.25, 0.3) is 5.82 Å². The molecule has 166 valence electrons. The van der Waals surface area contributed by atoms with Gasteiger partial charge in [-0.25, -0.2) is 4.98 Å². The van der Waals surface area contributed by atoms with Crippen LogP contribution in [0.4, 0.5) is 17.5 Å². The average molecular weight is 434 g/mol. The molecule has 2 N–H and O–H groups in total. The van der Waals surface area contributed by atoms with Gasteiger partial charge >= 0.3 is 0 Å². The molecule has 0 radical (unpaired) electrons. The van der Waals surface area contributed by atoms with E-state index >= 15 is 0 Å². The van der Waals surface area contributed by atoms with Crippen LogP contribution in [0.25, 0.3) is 16.1 Å². The zero-order chi connectivity index (χ0) is 22.5. The molecular formula is C23H27N7O2. The number of aromatic nitrogens is 4. The molecule has 9 heteroatoms. The second kappa shape index (κ2) is 9.66. The molecule has 0 unspecified atom stereocenters. The number of hydrogen-bond acceptors (Lipinski definition) is 7. The van der Waals surface area contributed by atoms with Crippen molar-refractivity contribution < 1.29 is 9.47 Å². The number of anilines is 2. The average Bonchev–Trinajstić information content (AvgIpc) is 3.28. The van der Waals surface area contributed by atoms with E-state index in [2.05, 4.69) is 49.1 Å². The van der Waals surface area contributed by atoms with Crippen molar-refractivity contribution in [2.45, 2.75) is 38.8 Å². The smallest absolute Gasteiger partial charge is 0.288 e. The lowest BCUT2D eigenvalue weighted by molar-refractivity contribution is 0.0842. The summed E-state index contributed by atoms with van der Waals surface area (Å²) in [5, 5.41) is 10.4. The fraction of sp³-hybridized carbons (Fsp3) is 0.391. The van der Waals surface area contributed by atoms with Crippen molar-refractivity contribution in [2.75, 3.05) is 25.5 Å². The van der Waals surface area contributed by atoms with E-state index in [1.807, 2.05) is 24.3 Å². The van der Waals surface area contributed by atoms with Gasteiger partial charge < -0.3 is 24.5 Å². The van der Waals surface area contributed by atoms with Gasteiger partial charge in [-0.15, -0.1) is 4.98 Å². The molecule has 4 rings (SSSR count). The van der Waals surface area contributed by atoms with Crippen molar-refractivity contribution in [3.8, 4) is 22.8 Å². The Kier molecular flexibility index (Phi) is 6.52. The van der Waals surface area contributed by atoms with E-state index in [1.165, 1.54) is 12.4 Å². The maximum atomic E-state index is 6.94. The topological polar surface area (TPSA) is 92.6 Å². The van der Waals surface area contributed by atoms with E-state index < -0.39 is 0 Å². The highest BCUT2D eigenvalue weighted by atomic mass is 16.5. The number of ether oxygens (including phenoxy) is 2. The third-order valence-electron chi connectivity index (χ3n) is 5.56. The molecule has 1 aliphatic heterocycles.